The molecule has 1 N–H and O–H groups in total. The molecule has 9 nitrogen and oxygen atoms in total. The van der Waals surface area contributed by atoms with E-state index in [-0.39, 0.29) is 17.2 Å². The van der Waals surface area contributed by atoms with E-state index in [1.165, 1.54) is 7.11 Å². The van der Waals surface area contributed by atoms with Crippen molar-refractivity contribution in [2.75, 3.05) is 26.7 Å². The molecule has 0 radical (unpaired) electrons. The summed E-state index contributed by atoms with van der Waals surface area (Å²) in [6.07, 6.45) is 5.88. The monoisotopic (exact) mass is 403 g/mol. The highest BCUT2D eigenvalue weighted by Gasteiger charge is 2.42. The Morgan fingerprint density at radius 2 is 1.97 bits per heavy atom. The molecule has 2 aliphatic rings. The number of ether oxygens (including phenoxy) is 1. The van der Waals surface area contributed by atoms with Crippen molar-refractivity contribution in [3.63, 3.8) is 0 Å². The molecular weight excluding hydrogens is 374 g/mol. The first-order valence-corrected chi connectivity index (χ1v) is 10.0. The first kappa shape index (κ1) is 21.0. The van der Waals surface area contributed by atoms with Crippen molar-refractivity contribution in [1.29, 1.82) is 0 Å². The van der Waals surface area contributed by atoms with Crippen molar-refractivity contribution in [3.8, 4) is 0 Å². The third-order valence-electron chi connectivity index (χ3n) is 5.96. The Morgan fingerprint density at radius 1 is 1.24 bits per heavy atom. The highest BCUT2D eigenvalue weighted by molar-refractivity contribution is 5.85. The van der Waals surface area contributed by atoms with Crippen LogP contribution in [-0.4, -0.2) is 70.5 Å². The Bertz CT molecular complexity index is 759. The average molecular weight is 403 g/mol. The summed E-state index contributed by atoms with van der Waals surface area (Å²) in [5.74, 6) is 0.0383. The maximum Gasteiger partial charge on any atom is 0.407 e. The fourth-order valence-electron chi connectivity index (χ4n) is 4.12. The van der Waals surface area contributed by atoms with Gasteiger partial charge in [0, 0.05) is 32.3 Å². The minimum atomic E-state index is -0.624. The Labute approximate surface area is 170 Å². The first-order chi connectivity index (χ1) is 13.8. The maximum atomic E-state index is 12.6. The molecule has 0 bridgehead atoms. The second-order valence-electron chi connectivity index (χ2n) is 8.08. The van der Waals surface area contributed by atoms with Crippen LogP contribution in [0.2, 0.25) is 0 Å². The number of hydrogen-bond acceptors (Lipinski definition) is 6. The van der Waals surface area contributed by atoms with E-state index in [4.69, 9.17) is 0 Å². The predicted octanol–water partition coefficient (Wildman–Crippen LogP) is 1.26. The maximum absolute atomic E-state index is 12.6. The number of methoxy groups -OCH3 is 1. The fraction of sp³-hybridized carbons (Fsp3) is 0.650. The van der Waals surface area contributed by atoms with Crippen LogP contribution in [0.15, 0.2) is 12.4 Å². The zero-order valence-corrected chi connectivity index (χ0v) is 17.3. The van der Waals surface area contributed by atoms with Gasteiger partial charge in [-0.05, 0) is 38.5 Å². The second-order valence-corrected chi connectivity index (χ2v) is 8.08. The topological polar surface area (TPSA) is 105 Å². The largest absolute Gasteiger partial charge is 0.453 e. The summed E-state index contributed by atoms with van der Waals surface area (Å²) in [4.78, 5) is 48.7. The SMILES string of the molecule is COC(=O)N[C@H](C)C(=O)N1CCC2(CCC(=O)N(Cc3cnc(C)cn3)C2)CC1. The van der Waals surface area contributed by atoms with Crippen molar-refractivity contribution in [1.82, 2.24) is 25.1 Å². The van der Waals surface area contributed by atoms with E-state index in [0.29, 0.717) is 32.6 Å². The minimum absolute atomic E-state index is 0.0296. The van der Waals surface area contributed by atoms with Gasteiger partial charge in [0.1, 0.15) is 6.04 Å². The summed E-state index contributed by atoms with van der Waals surface area (Å²) >= 11 is 0. The number of nitrogens with zero attached hydrogens (tertiary/aromatic N) is 4. The van der Waals surface area contributed by atoms with Crippen LogP contribution in [0.5, 0.6) is 0 Å². The molecular formula is C20H29N5O4. The fourth-order valence-corrected chi connectivity index (χ4v) is 4.12. The number of alkyl carbamates (subject to hydrolysis) is 1. The van der Waals surface area contributed by atoms with Gasteiger partial charge in [0.05, 0.1) is 31.2 Å². The van der Waals surface area contributed by atoms with Crippen molar-refractivity contribution in [3.05, 3.63) is 23.8 Å². The van der Waals surface area contributed by atoms with E-state index in [1.54, 1.807) is 24.2 Å². The van der Waals surface area contributed by atoms with Crippen molar-refractivity contribution >= 4 is 17.9 Å². The molecule has 3 amide bonds. The van der Waals surface area contributed by atoms with E-state index < -0.39 is 12.1 Å². The van der Waals surface area contributed by atoms with Gasteiger partial charge in [-0.2, -0.15) is 0 Å². The van der Waals surface area contributed by atoms with Crippen LogP contribution in [0.4, 0.5) is 4.79 Å². The lowest BCUT2D eigenvalue weighted by Gasteiger charge is -2.47. The summed E-state index contributed by atoms with van der Waals surface area (Å²) in [5.41, 5.74) is 1.67. The van der Waals surface area contributed by atoms with E-state index in [1.807, 2.05) is 11.8 Å². The zero-order chi connectivity index (χ0) is 21.0. The third-order valence-corrected chi connectivity index (χ3v) is 5.96. The summed E-state index contributed by atoms with van der Waals surface area (Å²) in [7, 11) is 1.27. The Balaban J connectivity index is 1.57. The van der Waals surface area contributed by atoms with Crippen LogP contribution >= 0.6 is 0 Å². The molecule has 0 saturated carbocycles. The number of piperidine rings is 2. The lowest BCUT2D eigenvalue weighted by molar-refractivity contribution is -0.143. The standard InChI is InChI=1S/C20H29N5O4/c1-14-10-22-16(11-21-14)12-25-13-20(5-4-17(25)26)6-8-24(9-7-20)18(27)15(2)23-19(28)29-3/h10-11,15H,4-9,12-13H2,1-3H3,(H,23,28)/t15-/m1/s1. The van der Waals surface area contributed by atoms with Crippen LogP contribution in [0, 0.1) is 12.3 Å². The van der Waals surface area contributed by atoms with Gasteiger partial charge in [-0.1, -0.05) is 0 Å². The molecule has 0 aliphatic carbocycles. The summed E-state index contributed by atoms with van der Waals surface area (Å²) in [6, 6.07) is -0.624. The molecule has 3 heterocycles. The van der Waals surface area contributed by atoms with Crippen LogP contribution < -0.4 is 5.32 Å². The van der Waals surface area contributed by atoms with Crippen LogP contribution in [-0.2, 0) is 20.9 Å². The number of hydrogen-bond donors (Lipinski definition) is 1. The summed E-state index contributed by atoms with van der Waals surface area (Å²) < 4.78 is 4.56. The van der Waals surface area contributed by atoms with Crippen molar-refractivity contribution in [2.24, 2.45) is 5.41 Å². The number of aryl methyl sites for hydroxylation is 1. The van der Waals surface area contributed by atoms with E-state index in [9.17, 15) is 14.4 Å². The van der Waals surface area contributed by atoms with Gasteiger partial charge in [-0.25, -0.2) is 4.79 Å². The van der Waals surface area contributed by atoms with E-state index in [2.05, 4.69) is 20.0 Å². The number of carbonyl (C=O) groups is 3. The number of amides is 3. The molecule has 2 aliphatic heterocycles. The Morgan fingerprint density at radius 3 is 2.59 bits per heavy atom. The molecule has 1 spiro atoms. The summed E-state index contributed by atoms with van der Waals surface area (Å²) in [5, 5.41) is 2.52. The van der Waals surface area contributed by atoms with Crippen LogP contribution in [0.25, 0.3) is 0 Å². The van der Waals surface area contributed by atoms with Gasteiger partial charge in [0.25, 0.3) is 0 Å². The van der Waals surface area contributed by atoms with Crippen LogP contribution in [0.1, 0.15) is 44.0 Å². The van der Waals surface area contributed by atoms with Gasteiger partial charge in [0.2, 0.25) is 11.8 Å². The minimum Gasteiger partial charge on any atom is -0.453 e. The van der Waals surface area contributed by atoms with Gasteiger partial charge >= 0.3 is 6.09 Å². The predicted molar refractivity (Wildman–Crippen MR) is 105 cm³/mol. The molecule has 9 heteroatoms. The van der Waals surface area contributed by atoms with Gasteiger partial charge in [-0.3, -0.25) is 19.6 Å². The lowest BCUT2D eigenvalue weighted by atomic mass is 9.72. The Kier molecular flexibility index (Phi) is 6.34. The van der Waals surface area contributed by atoms with E-state index >= 15 is 0 Å². The highest BCUT2D eigenvalue weighted by Crippen LogP contribution is 2.40. The molecule has 0 aromatic carbocycles. The van der Waals surface area contributed by atoms with Crippen LogP contribution in [0.3, 0.4) is 0 Å². The molecule has 3 rings (SSSR count). The number of carbonyl (C=O) groups excluding carboxylic acids is 3. The van der Waals surface area contributed by atoms with Gasteiger partial charge < -0.3 is 19.9 Å². The van der Waals surface area contributed by atoms with Crippen molar-refractivity contribution < 1.29 is 19.1 Å². The lowest BCUT2D eigenvalue weighted by Crippen LogP contribution is -2.54. The third kappa shape index (κ3) is 5.02. The number of likely N-dealkylation sites (tertiary alicyclic amines) is 2. The number of nitrogens with one attached hydrogen (secondary N) is 1. The smallest absolute Gasteiger partial charge is 0.407 e. The molecule has 1 aromatic heterocycles. The molecule has 2 fully saturated rings. The second kappa shape index (κ2) is 8.75. The quantitative estimate of drug-likeness (QED) is 0.812. The molecule has 29 heavy (non-hydrogen) atoms. The molecule has 2 saturated heterocycles. The van der Waals surface area contributed by atoms with Gasteiger partial charge in [0.15, 0.2) is 0 Å². The molecule has 158 valence electrons. The summed E-state index contributed by atoms with van der Waals surface area (Å²) in [6.45, 7) is 5.94. The Hall–Kier alpha value is -2.71. The molecule has 1 aromatic rings. The molecule has 1 atom stereocenters. The average Bonchev–Trinajstić information content (AvgIpc) is 2.72. The first-order valence-electron chi connectivity index (χ1n) is 10.0. The van der Waals surface area contributed by atoms with Gasteiger partial charge in [-0.15, -0.1) is 0 Å². The van der Waals surface area contributed by atoms with Crippen molar-refractivity contribution in [2.45, 2.75) is 52.1 Å². The zero-order valence-electron chi connectivity index (χ0n) is 17.3. The normalized spacial score (nSPS) is 19.8. The molecule has 0 unspecified atom stereocenters. The highest BCUT2D eigenvalue weighted by atomic mass is 16.5. The van der Waals surface area contributed by atoms with E-state index in [0.717, 1.165) is 30.7 Å². The number of aromatic nitrogens is 2. The number of rotatable bonds is 4.